The van der Waals surface area contributed by atoms with E-state index in [0.29, 0.717) is 22.7 Å². The lowest BCUT2D eigenvalue weighted by molar-refractivity contribution is -0.274. The van der Waals surface area contributed by atoms with Crippen molar-refractivity contribution in [1.82, 2.24) is 14.6 Å². The number of aromatic nitrogens is 3. The van der Waals surface area contributed by atoms with E-state index in [1.54, 1.807) is 28.8 Å². The van der Waals surface area contributed by atoms with Gasteiger partial charge in [0.2, 0.25) is 0 Å². The Morgan fingerprint density at radius 1 is 1.10 bits per heavy atom. The number of halogens is 3. The first-order valence-corrected chi connectivity index (χ1v) is 5.89. The van der Waals surface area contributed by atoms with Crippen LogP contribution in [-0.4, -0.2) is 21.0 Å². The molecule has 0 saturated heterocycles. The van der Waals surface area contributed by atoms with E-state index in [9.17, 15) is 13.2 Å². The van der Waals surface area contributed by atoms with Gasteiger partial charge in [0.1, 0.15) is 5.75 Å². The maximum Gasteiger partial charge on any atom is 0.573 e. The predicted octanol–water partition coefficient (Wildman–Crippen LogP) is 2.88. The minimum atomic E-state index is -4.74. The van der Waals surface area contributed by atoms with Gasteiger partial charge in [0.05, 0.1) is 0 Å². The zero-order valence-electron chi connectivity index (χ0n) is 10.5. The van der Waals surface area contributed by atoms with Crippen LogP contribution in [0.3, 0.4) is 0 Å². The summed E-state index contributed by atoms with van der Waals surface area (Å²) in [5.41, 5.74) is 7.17. The summed E-state index contributed by atoms with van der Waals surface area (Å²) in [5.74, 6) is 0.0607. The van der Waals surface area contributed by atoms with Crippen molar-refractivity contribution in [2.45, 2.75) is 6.36 Å². The van der Waals surface area contributed by atoms with Crippen LogP contribution in [0.1, 0.15) is 0 Å². The second-order valence-corrected chi connectivity index (χ2v) is 4.29. The normalized spacial score (nSPS) is 11.8. The molecule has 3 aromatic rings. The summed E-state index contributed by atoms with van der Waals surface area (Å²) < 4.78 is 42.2. The van der Waals surface area contributed by atoms with Gasteiger partial charge in [0.25, 0.3) is 0 Å². The van der Waals surface area contributed by atoms with Crippen LogP contribution in [0.5, 0.6) is 5.75 Å². The monoisotopic (exact) mass is 294 g/mol. The standard InChI is InChI=1S/C13H9F3N4O/c14-13(15,16)21-10-3-1-2-8(6-10)12-19-18-11-5-4-9(17)7-20(11)12/h1-7H,17H2. The highest BCUT2D eigenvalue weighted by Gasteiger charge is 2.31. The molecule has 0 radical (unpaired) electrons. The molecule has 0 fully saturated rings. The third kappa shape index (κ3) is 2.73. The topological polar surface area (TPSA) is 65.4 Å². The number of nitrogen functional groups attached to an aromatic ring is 1. The van der Waals surface area contributed by atoms with Crippen LogP contribution in [0.25, 0.3) is 17.0 Å². The van der Waals surface area contributed by atoms with E-state index in [-0.39, 0.29) is 5.75 Å². The second kappa shape index (κ2) is 4.65. The van der Waals surface area contributed by atoms with Gasteiger partial charge in [-0.05, 0) is 24.3 Å². The number of anilines is 1. The van der Waals surface area contributed by atoms with Crippen molar-refractivity contribution in [3.8, 4) is 17.1 Å². The summed E-state index contributed by atoms with van der Waals surface area (Å²) in [6, 6.07) is 8.85. The Hall–Kier alpha value is -2.77. The number of pyridine rings is 1. The molecule has 2 aromatic heterocycles. The molecule has 0 aliphatic carbocycles. The van der Waals surface area contributed by atoms with Gasteiger partial charge in [-0.3, -0.25) is 4.40 Å². The lowest BCUT2D eigenvalue weighted by atomic mass is 10.2. The minimum absolute atomic E-state index is 0.319. The van der Waals surface area contributed by atoms with E-state index in [4.69, 9.17) is 5.73 Å². The van der Waals surface area contributed by atoms with Gasteiger partial charge in [-0.1, -0.05) is 12.1 Å². The third-order valence-electron chi connectivity index (χ3n) is 2.75. The molecule has 0 aliphatic rings. The molecule has 108 valence electrons. The molecule has 0 unspecified atom stereocenters. The zero-order valence-corrected chi connectivity index (χ0v) is 10.5. The lowest BCUT2D eigenvalue weighted by Gasteiger charge is -2.09. The molecular weight excluding hydrogens is 285 g/mol. The molecule has 0 aliphatic heterocycles. The molecule has 21 heavy (non-hydrogen) atoms. The Morgan fingerprint density at radius 3 is 2.67 bits per heavy atom. The summed E-state index contributed by atoms with van der Waals surface area (Å²) in [4.78, 5) is 0. The number of alkyl halides is 3. The average Bonchev–Trinajstić information content (AvgIpc) is 2.80. The number of hydrogen-bond donors (Lipinski definition) is 1. The van der Waals surface area contributed by atoms with Gasteiger partial charge in [0.15, 0.2) is 11.5 Å². The first-order chi connectivity index (χ1) is 9.92. The number of rotatable bonds is 2. The fourth-order valence-electron chi connectivity index (χ4n) is 1.94. The largest absolute Gasteiger partial charge is 0.573 e. The van der Waals surface area contributed by atoms with E-state index in [2.05, 4.69) is 14.9 Å². The quantitative estimate of drug-likeness (QED) is 0.789. The van der Waals surface area contributed by atoms with Crippen LogP contribution < -0.4 is 10.5 Å². The highest BCUT2D eigenvalue weighted by Crippen LogP contribution is 2.27. The maximum absolute atomic E-state index is 12.2. The first-order valence-electron chi connectivity index (χ1n) is 5.89. The summed E-state index contributed by atoms with van der Waals surface area (Å²) in [5, 5.41) is 7.90. The van der Waals surface area contributed by atoms with Gasteiger partial charge in [-0.25, -0.2) is 0 Å². The first kappa shape index (κ1) is 13.2. The van der Waals surface area contributed by atoms with Crippen molar-refractivity contribution in [3.05, 3.63) is 42.6 Å². The fourth-order valence-corrected chi connectivity index (χ4v) is 1.94. The molecule has 5 nitrogen and oxygen atoms in total. The molecule has 0 atom stereocenters. The Labute approximate surface area is 116 Å². The number of nitrogens with two attached hydrogens (primary N) is 1. The molecule has 0 amide bonds. The second-order valence-electron chi connectivity index (χ2n) is 4.29. The van der Waals surface area contributed by atoms with Gasteiger partial charge in [0, 0.05) is 17.4 Å². The van der Waals surface area contributed by atoms with Crippen LogP contribution >= 0.6 is 0 Å². The SMILES string of the molecule is Nc1ccc2nnc(-c3cccc(OC(F)(F)F)c3)n2c1. The number of hydrogen-bond acceptors (Lipinski definition) is 4. The van der Waals surface area contributed by atoms with Crippen molar-refractivity contribution in [2.24, 2.45) is 0 Å². The Bertz CT molecular complexity index is 797. The van der Waals surface area contributed by atoms with E-state index in [0.717, 1.165) is 0 Å². The van der Waals surface area contributed by atoms with Crippen molar-refractivity contribution in [3.63, 3.8) is 0 Å². The maximum atomic E-state index is 12.2. The molecule has 0 bridgehead atoms. The van der Waals surface area contributed by atoms with Gasteiger partial charge in [-0.15, -0.1) is 23.4 Å². The number of benzene rings is 1. The minimum Gasteiger partial charge on any atom is -0.406 e. The highest BCUT2D eigenvalue weighted by atomic mass is 19.4. The van der Waals surface area contributed by atoms with Crippen LogP contribution in [0.2, 0.25) is 0 Å². The Balaban J connectivity index is 2.06. The van der Waals surface area contributed by atoms with Crippen molar-refractivity contribution >= 4 is 11.3 Å². The van der Waals surface area contributed by atoms with Crippen molar-refractivity contribution in [2.75, 3.05) is 5.73 Å². The Morgan fingerprint density at radius 2 is 1.90 bits per heavy atom. The van der Waals surface area contributed by atoms with Crippen LogP contribution in [0, 0.1) is 0 Å². The molecule has 3 rings (SSSR count). The molecule has 8 heteroatoms. The summed E-state index contributed by atoms with van der Waals surface area (Å²) in [6.45, 7) is 0. The van der Waals surface area contributed by atoms with Crippen LogP contribution in [-0.2, 0) is 0 Å². The molecule has 1 aromatic carbocycles. The lowest BCUT2D eigenvalue weighted by Crippen LogP contribution is -2.17. The van der Waals surface area contributed by atoms with Gasteiger partial charge >= 0.3 is 6.36 Å². The Kier molecular flexibility index (Phi) is 2.93. The predicted molar refractivity (Wildman–Crippen MR) is 69.5 cm³/mol. The molecule has 0 spiro atoms. The summed E-state index contributed by atoms with van der Waals surface area (Å²) in [7, 11) is 0. The average molecular weight is 294 g/mol. The molecular formula is C13H9F3N4O. The highest BCUT2D eigenvalue weighted by molar-refractivity contribution is 5.62. The smallest absolute Gasteiger partial charge is 0.406 e. The molecule has 2 heterocycles. The van der Waals surface area contributed by atoms with E-state index in [1.165, 1.54) is 18.2 Å². The summed E-state index contributed by atoms with van der Waals surface area (Å²) >= 11 is 0. The van der Waals surface area contributed by atoms with E-state index in [1.807, 2.05) is 0 Å². The summed E-state index contributed by atoms with van der Waals surface area (Å²) in [6.07, 6.45) is -3.14. The van der Waals surface area contributed by atoms with Crippen LogP contribution in [0.4, 0.5) is 18.9 Å². The fraction of sp³-hybridized carbons (Fsp3) is 0.0769. The van der Waals surface area contributed by atoms with E-state index >= 15 is 0 Å². The number of ether oxygens (including phenoxy) is 1. The molecule has 2 N–H and O–H groups in total. The van der Waals surface area contributed by atoms with E-state index < -0.39 is 6.36 Å². The van der Waals surface area contributed by atoms with Crippen molar-refractivity contribution in [1.29, 1.82) is 0 Å². The van der Waals surface area contributed by atoms with Gasteiger partial charge in [-0.2, -0.15) is 0 Å². The van der Waals surface area contributed by atoms with Crippen molar-refractivity contribution < 1.29 is 17.9 Å². The molecule has 0 saturated carbocycles. The van der Waals surface area contributed by atoms with Crippen LogP contribution in [0.15, 0.2) is 42.6 Å². The zero-order chi connectivity index (χ0) is 15.0. The number of nitrogens with zero attached hydrogens (tertiary/aromatic N) is 3. The number of fused-ring (bicyclic) bond motifs is 1. The van der Waals surface area contributed by atoms with Gasteiger partial charge < -0.3 is 10.5 Å². The third-order valence-corrected chi connectivity index (χ3v) is 2.75.